The van der Waals surface area contributed by atoms with Crippen LogP contribution in [-0.2, 0) is 0 Å². The maximum absolute atomic E-state index is 12.7. The summed E-state index contributed by atoms with van der Waals surface area (Å²) >= 11 is 0. The fourth-order valence-electron chi connectivity index (χ4n) is 1.38. The van der Waals surface area contributed by atoms with Gasteiger partial charge in [0.05, 0.1) is 6.54 Å². The van der Waals surface area contributed by atoms with Gasteiger partial charge in [-0.3, -0.25) is 4.79 Å². The van der Waals surface area contributed by atoms with E-state index in [1.165, 1.54) is 18.4 Å². The molecule has 0 radical (unpaired) electrons. The molecule has 4 nitrogen and oxygen atoms in total. The van der Waals surface area contributed by atoms with Crippen LogP contribution in [0.2, 0.25) is 0 Å². The highest BCUT2D eigenvalue weighted by atomic mass is 19.1. The van der Waals surface area contributed by atoms with E-state index in [0.717, 1.165) is 0 Å². The molecule has 0 fully saturated rings. The summed E-state index contributed by atoms with van der Waals surface area (Å²) < 4.78 is 17.9. The molecule has 0 amide bonds. The van der Waals surface area contributed by atoms with E-state index in [1.807, 2.05) is 0 Å². The number of likely N-dealkylation sites (N-methyl/N-ethyl adjacent to an activating group) is 1. The first kappa shape index (κ1) is 11.5. The van der Waals surface area contributed by atoms with E-state index in [-0.39, 0.29) is 23.8 Å². The number of aromatic nitrogens is 1. The monoisotopic (exact) mass is 234 g/mol. The molecule has 1 aromatic heterocycles. The van der Waals surface area contributed by atoms with Crippen LogP contribution in [0.4, 0.5) is 4.39 Å². The van der Waals surface area contributed by atoms with Crippen molar-refractivity contribution in [1.82, 2.24) is 10.3 Å². The molecule has 0 aliphatic rings. The van der Waals surface area contributed by atoms with Crippen LogP contribution in [-0.4, -0.2) is 24.4 Å². The Bertz CT molecular complexity index is 520. The van der Waals surface area contributed by atoms with Gasteiger partial charge in [-0.15, -0.1) is 0 Å². The summed E-state index contributed by atoms with van der Waals surface area (Å²) in [6.45, 7) is 0.204. The first-order valence-electron chi connectivity index (χ1n) is 5.10. The van der Waals surface area contributed by atoms with Gasteiger partial charge in [-0.1, -0.05) is 0 Å². The quantitative estimate of drug-likeness (QED) is 0.821. The fraction of sp³-hybridized carbons (Fsp3) is 0.167. The lowest BCUT2D eigenvalue weighted by Crippen LogP contribution is -2.18. The highest BCUT2D eigenvalue weighted by Crippen LogP contribution is 2.18. The molecule has 5 heteroatoms. The molecule has 0 spiro atoms. The Balaban J connectivity index is 2.23. The van der Waals surface area contributed by atoms with E-state index in [9.17, 15) is 9.18 Å². The Morgan fingerprint density at radius 1 is 1.41 bits per heavy atom. The minimum Gasteiger partial charge on any atom is -0.444 e. The standard InChI is InChI=1S/C12H11FN2O2/c1-14-6-11(16)10-7-17-12(15-10)8-2-4-9(13)5-3-8/h2-5,7,14H,6H2,1H3. The number of nitrogens with zero attached hydrogens (tertiary/aromatic N) is 1. The number of halogens is 1. The van der Waals surface area contributed by atoms with E-state index >= 15 is 0 Å². The van der Waals surface area contributed by atoms with Crippen LogP contribution in [0.3, 0.4) is 0 Å². The van der Waals surface area contributed by atoms with Gasteiger partial charge in [0.25, 0.3) is 0 Å². The molecule has 0 aliphatic carbocycles. The van der Waals surface area contributed by atoms with Gasteiger partial charge in [0.2, 0.25) is 5.89 Å². The molecular formula is C12H11FN2O2. The zero-order chi connectivity index (χ0) is 12.3. The number of hydrogen-bond acceptors (Lipinski definition) is 4. The average molecular weight is 234 g/mol. The second-order valence-corrected chi connectivity index (χ2v) is 3.50. The molecular weight excluding hydrogens is 223 g/mol. The van der Waals surface area contributed by atoms with Gasteiger partial charge in [-0.05, 0) is 31.3 Å². The first-order chi connectivity index (χ1) is 8.20. The summed E-state index contributed by atoms with van der Waals surface area (Å²) in [5.74, 6) is -0.166. The summed E-state index contributed by atoms with van der Waals surface area (Å²) in [6, 6.07) is 5.73. The molecule has 2 aromatic rings. The maximum Gasteiger partial charge on any atom is 0.226 e. The smallest absolute Gasteiger partial charge is 0.226 e. The number of benzene rings is 1. The SMILES string of the molecule is CNCC(=O)c1coc(-c2ccc(F)cc2)n1. The maximum atomic E-state index is 12.7. The number of oxazole rings is 1. The van der Waals surface area contributed by atoms with Crippen molar-refractivity contribution in [3.8, 4) is 11.5 Å². The highest BCUT2D eigenvalue weighted by Gasteiger charge is 2.12. The predicted octanol–water partition coefficient (Wildman–Crippen LogP) is 1.88. The first-order valence-corrected chi connectivity index (χ1v) is 5.10. The molecule has 0 saturated carbocycles. The van der Waals surface area contributed by atoms with Crippen molar-refractivity contribution >= 4 is 5.78 Å². The number of hydrogen-bond donors (Lipinski definition) is 1. The molecule has 2 rings (SSSR count). The van der Waals surface area contributed by atoms with Gasteiger partial charge in [0.1, 0.15) is 17.8 Å². The number of carbonyl (C=O) groups excluding carboxylic acids is 1. The molecule has 0 unspecified atom stereocenters. The summed E-state index contributed by atoms with van der Waals surface area (Å²) in [7, 11) is 1.68. The Kier molecular flexibility index (Phi) is 3.30. The molecule has 17 heavy (non-hydrogen) atoms. The van der Waals surface area contributed by atoms with Gasteiger partial charge in [-0.2, -0.15) is 0 Å². The van der Waals surface area contributed by atoms with Crippen molar-refractivity contribution in [2.75, 3.05) is 13.6 Å². The van der Waals surface area contributed by atoms with Crippen molar-refractivity contribution < 1.29 is 13.6 Å². The normalized spacial score (nSPS) is 10.5. The van der Waals surface area contributed by atoms with Crippen LogP contribution in [0.1, 0.15) is 10.5 Å². The largest absolute Gasteiger partial charge is 0.444 e. The van der Waals surface area contributed by atoms with Crippen LogP contribution in [0.5, 0.6) is 0 Å². The molecule has 0 aliphatic heterocycles. The van der Waals surface area contributed by atoms with Gasteiger partial charge < -0.3 is 9.73 Å². The summed E-state index contributed by atoms with van der Waals surface area (Å²) in [5, 5.41) is 2.74. The summed E-state index contributed by atoms with van der Waals surface area (Å²) in [5.41, 5.74) is 0.897. The van der Waals surface area contributed by atoms with E-state index in [0.29, 0.717) is 11.5 Å². The van der Waals surface area contributed by atoms with Crippen LogP contribution in [0, 0.1) is 5.82 Å². The van der Waals surface area contributed by atoms with E-state index in [2.05, 4.69) is 10.3 Å². The lowest BCUT2D eigenvalue weighted by Gasteiger charge is -1.94. The van der Waals surface area contributed by atoms with E-state index in [4.69, 9.17) is 4.42 Å². The topological polar surface area (TPSA) is 55.1 Å². The number of rotatable bonds is 4. The Hall–Kier alpha value is -2.01. The minimum atomic E-state index is -0.327. The second kappa shape index (κ2) is 4.88. The zero-order valence-corrected chi connectivity index (χ0v) is 9.24. The number of nitrogens with one attached hydrogen (secondary N) is 1. The van der Waals surface area contributed by atoms with Crippen molar-refractivity contribution in [3.63, 3.8) is 0 Å². The molecule has 0 saturated heterocycles. The summed E-state index contributed by atoms with van der Waals surface area (Å²) in [6.07, 6.45) is 1.30. The average Bonchev–Trinajstić information content (AvgIpc) is 2.80. The number of carbonyl (C=O) groups is 1. The lowest BCUT2D eigenvalue weighted by atomic mass is 10.2. The van der Waals surface area contributed by atoms with Gasteiger partial charge in [0.15, 0.2) is 5.78 Å². The van der Waals surface area contributed by atoms with Crippen LogP contribution < -0.4 is 5.32 Å². The Morgan fingerprint density at radius 2 is 2.12 bits per heavy atom. The van der Waals surface area contributed by atoms with Gasteiger partial charge in [-0.25, -0.2) is 9.37 Å². The third kappa shape index (κ3) is 2.57. The van der Waals surface area contributed by atoms with Crippen LogP contribution >= 0.6 is 0 Å². The lowest BCUT2D eigenvalue weighted by molar-refractivity contribution is 0.0989. The third-order valence-electron chi connectivity index (χ3n) is 2.22. The van der Waals surface area contributed by atoms with Crippen molar-refractivity contribution in [3.05, 3.63) is 42.0 Å². The second-order valence-electron chi connectivity index (χ2n) is 3.50. The highest BCUT2D eigenvalue weighted by molar-refractivity contribution is 5.95. The Labute approximate surface area is 97.5 Å². The Morgan fingerprint density at radius 3 is 2.76 bits per heavy atom. The van der Waals surface area contributed by atoms with Crippen LogP contribution in [0.25, 0.3) is 11.5 Å². The predicted molar refractivity (Wildman–Crippen MR) is 60.2 cm³/mol. The van der Waals surface area contributed by atoms with Crippen molar-refractivity contribution in [1.29, 1.82) is 0 Å². The number of ketones is 1. The fourth-order valence-corrected chi connectivity index (χ4v) is 1.38. The minimum absolute atomic E-state index is 0.149. The van der Waals surface area contributed by atoms with E-state index in [1.54, 1.807) is 19.2 Å². The molecule has 0 atom stereocenters. The molecule has 1 aromatic carbocycles. The van der Waals surface area contributed by atoms with Crippen molar-refractivity contribution in [2.45, 2.75) is 0 Å². The zero-order valence-electron chi connectivity index (χ0n) is 9.24. The molecule has 1 heterocycles. The molecule has 88 valence electrons. The molecule has 0 bridgehead atoms. The summed E-state index contributed by atoms with van der Waals surface area (Å²) in [4.78, 5) is 15.5. The third-order valence-corrected chi connectivity index (χ3v) is 2.22. The van der Waals surface area contributed by atoms with Crippen molar-refractivity contribution in [2.24, 2.45) is 0 Å². The van der Waals surface area contributed by atoms with E-state index < -0.39 is 0 Å². The van der Waals surface area contributed by atoms with Gasteiger partial charge in [0, 0.05) is 5.56 Å². The van der Waals surface area contributed by atoms with Gasteiger partial charge >= 0.3 is 0 Å². The number of Topliss-reactive ketones (excluding diaryl/α,β-unsaturated/α-hetero) is 1. The van der Waals surface area contributed by atoms with Crippen LogP contribution in [0.15, 0.2) is 34.9 Å². The molecule has 1 N–H and O–H groups in total.